The second-order valence-electron chi connectivity index (χ2n) is 3.87. The summed E-state index contributed by atoms with van der Waals surface area (Å²) in [6, 6.07) is 13.0. The Morgan fingerprint density at radius 2 is 1.94 bits per heavy atom. The number of hydrogen-bond donors (Lipinski definition) is 1. The van der Waals surface area contributed by atoms with Gasteiger partial charge in [-0.25, -0.2) is 0 Å². The van der Waals surface area contributed by atoms with E-state index in [4.69, 9.17) is 10.5 Å². The number of carbonyl (C=O) groups is 1. The first-order valence-corrected chi connectivity index (χ1v) is 6.48. The zero-order chi connectivity index (χ0) is 13.1. The van der Waals surface area contributed by atoms with Gasteiger partial charge in [-0.2, -0.15) is 0 Å². The number of para-hydroxylation sites is 1. The molecule has 92 valence electrons. The molecule has 0 atom stereocenters. The van der Waals surface area contributed by atoms with E-state index in [0.717, 1.165) is 14.9 Å². The number of rotatable bonds is 3. The highest BCUT2D eigenvalue weighted by molar-refractivity contribution is 14.1. The number of benzene rings is 2. The molecule has 0 aliphatic rings. The Kier molecular flexibility index (Phi) is 3.86. The fourth-order valence-corrected chi connectivity index (χ4v) is 2.13. The van der Waals surface area contributed by atoms with Crippen molar-refractivity contribution < 1.29 is 9.53 Å². The van der Waals surface area contributed by atoms with Gasteiger partial charge in [-0.3, -0.25) is 4.79 Å². The van der Waals surface area contributed by atoms with Crippen molar-refractivity contribution in [2.75, 3.05) is 0 Å². The summed E-state index contributed by atoms with van der Waals surface area (Å²) >= 11 is 2.21. The first kappa shape index (κ1) is 12.9. The van der Waals surface area contributed by atoms with Crippen LogP contribution in [0.5, 0.6) is 11.5 Å². The number of amides is 1. The number of primary amides is 1. The van der Waals surface area contributed by atoms with E-state index in [1.54, 1.807) is 12.1 Å². The molecule has 2 rings (SSSR count). The van der Waals surface area contributed by atoms with Crippen LogP contribution in [0.2, 0.25) is 0 Å². The third kappa shape index (κ3) is 2.81. The third-order valence-electron chi connectivity index (χ3n) is 2.53. The number of halogens is 1. The summed E-state index contributed by atoms with van der Waals surface area (Å²) < 4.78 is 6.80. The Bertz CT molecular complexity index is 596. The van der Waals surface area contributed by atoms with Crippen LogP contribution in [0.15, 0.2) is 42.5 Å². The summed E-state index contributed by atoms with van der Waals surface area (Å²) in [4.78, 5) is 11.1. The average molecular weight is 353 g/mol. The van der Waals surface area contributed by atoms with E-state index in [1.165, 1.54) is 0 Å². The fourth-order valence-electron chi connectivity index (χ4n) is 1.63. The molecule has 0 fully saturated rings. The molecule has 0 unspecified atom stereocenters. The second-order valence-corrected chi connectivity index (χ2v) is 5.04. The van der Waals surface area contributed by atoms with Crippen LogP contribution in [0, 0.1) is 10.5 Å². The number of ether oxygens (including phenoxy) is 1. The molecular formula is C14H12INO2. The zero-order valence-electron chi connectivity index (χ0n) is 9.81. The summed E-state index contributed by atoms with van der Waals surface area (Å²) in [5.74, 6) is 1.07. The van der Waals surface area contributed by atoms with Crippen LogP contribution in [0.3, 0.4) is 0 Å². The fraction of sp³-hybridized carbons (Fsp3) is 0.0714. The van der Waals surface area contributed by atoms with E-state index in [-0.39, 0.29) is 0 Å². The van der Waals surface area contributed by atoms with Crippen LogP contribution in [0.4, 0.5) is 0 Å². The molecule has 0 saturated carbocycles. The van der Waals surface area contributed by atoms with E-state index in [9.17, 15) is 4.79 Å². The highest BCUT2D eigenvalue weighted by Crippen LogP contribution is 2.27. The van der Waals surface area contributed by atoms with E-state index in [2.05, 4.69) is 22.6 Å². The molecule has 1 amide bonds. The Labute approximate surface area is 119 Å². The van der Waals surface area contributed by atoms with Crippen molar-refractivity contribution in [1.29, 1.82) is 0 Å². The minimum Gasteiger partial charge on any atom is -0.456 e. The molecule has 0 aromatic heterocycles. The summed E-state index contributed by atoms with van der Waals surface area (Å²) in [5, 5.41) is 0. The van der Waals surface area contributed by atoms with Gasteiger partial charge in [0.1, 0.15) is 11.5 Å². The maximum absolute atomic E-state index is 11.1. The Hall–Kier alpha value is -1.56. The van der Waals surface area contributed by atoms with Crippen LogP contribution < -0.4 is 10.5 Å². The van der Waals surface area contributed by atoms with Crippen LogP contribution in [0.25, 0.3) is 0 Å². The van der Waals surface area contributed by atoms with Crippen LogP contribution in [-0.4, -0.2) is 5.91 Å². The molecule has 0 aliphatic carbocycles. The number of carbonyl (C=O) groups excluding carboxylic acids is 1. The smallest absolute Gasteiger partial charge is 0.248 e. The molecular weight excluding hydrogens is 341 g/mol. The minimum atomic E-state index is -0.423. The van der Waals surface area contributed by atoms with Crippen molar-refractivity contribution in [3.63, 3.8) is 0 Å². The number of aryl methyl sites for hydroxylation is 1. The SMILES string of the molecule is Cc1cc(Oc2ccccc2I)ccc1C(N)=O. The molecule has 2 aromatic carbocycles. The largest absolute Gasteiger partial charge is 0.456 e. The van der Waals surface area contributed by atoms with Crippen LogP contribution >= 0.6 is 22.6 Å². The van der Waals surface area contributed by atoms with Crippen molar-refractivity contribution in [3.05, 3.63) is 57.2 Å². The minimum absolute atomic E-state index is 0.423. The van der Waals surface area contributed by atoms with Gasteiger partial charge >= 0.3 is 0 Å². The molecule has 0 saturated heterocycles. The quantitative estimate of drug-likeness (QED) is 0.859. The second kappa shape index (κ2) is 5.39. The lowest BCUT2D eigenvalue weighted by Crippen LogP contribution is -2.12. The van der Waals surface area contributed by atoms with Gasteiger partial charge in [0.2, 0.25) is 5.91 Å². The molecule has 3 nitrogen and oxygen atoms in total. The summed E-state index contributed by atoms with van der Waals surface area (Å²) in [6.07, 6.45) is 0. The Morgan fingerprint density at radius 3 is 2.56 bits per heavy atom. The molecule has 2 N–H and O–H groups in total. The van der Waals surface area contributed by atoms with Gasteiger partial charge in [0.15, 0.2) is 0 Å². The molecule has 0 aliphatic heterocycles. The zero-order valence-corrected chi connectivity index (χ0v) is 12.0. The van der Waals surface area contributed by atoms with Gasteiger partial charge < -0.3 is 10.5 Å². The van der Waals surface area contributed by atoms with Crippen molar-refractivity contribution in [1.82, 2.24) is 0 Å². The molecule has 2 aromatic rings. The van der Waals surface area contributed by atoms with E-state index < -0.39 is 5.91 Å². The van der Waals surface area contributed by atoms with Crippen molar-refractivity contribution in [2.24, 2.45) is 5.73 Å². The van der Waals surface area contributed by atoms with E-state index >= 15 is 0 Å². The standard InChI is InChI=1S/C14H12INO2/c1-9-8-10(6-7-11(9)14(16)17)18-13-5-3-2-4-12(13)15/h2-8H,1H3,(H2,16,17). The normalized spacial score (nSPS) is 10.1. The maximum atomic E-state index is 11.1. The highest BCUT2D eigenvalue weighted by Gasteiger charge is 2.07. The maximum Gasteiger partial charge on any atom is 0.248 e. The molecule has 4 heteroatoms. The number of hydrogen-bond acceptors (Lipinski definition) is 2. The van der Waals surface area contributed by atoms with Crippen LogP contribution in [-0.2, 0) is 0 Å². The molecule has 0 spiro atoms. The third-order valence-corrected chi connectivity index (χ3v) is 3.42. The number of nitrogens with two attached hydrogens (primary N) is 1. The molecule has 0 radical (unpaired) electrons. The lowest BCUT2D eigenvalue weighted by atomic mass is 10.1. The lowest BCUT2D eigenvalue weighted by Gasteiger charge is -2.09. The van der Waals surface area contributed by atoms with E-state index in [1.807, 2.05) is 37.3 Å². The lowest BCUT2D eigenvalue weighted by molar-refractivity contribution is 0.0999. The van der Waals surface area contributed by atoms with Gasteiger partial charge in [0, 0.05) is 5.56 Å². The van der Waals surface area contributed by atoms with Crippen molar-refractivity contribution in [3.8, 4) is 11.5 Å². The first-order chi connectivity index (χ1) is 8.58. The Morgan fingerprint density at radius 1 is 1.22 bits per heavy atom. The highest BCUT2D eigenvalue weighted by atomic mass is 127. The van der Waals surface area contributed by atoms with Crippen molar-refractivity contribution in [2.45, 2.75) is 6.92 Å². The molecule has 18 heavy (non-hydrogen) atoms. The van der Waals surface area contributed by atoms with Gasteiger partial charge in [-0.15, -0.1) is 0 Å². The monoisotopic (exact) mass is 353 g/mol. The average Bonchev–Trinajstić information content (AvgIpc) is 2.32. The first-order valence-electron chi connectivity index (χ1n) is 5.41. The van der Waals surface area contributed by atoms with Gasteiger partial charge in [-0.05, 0) is 65.4 Å². The summed E-state index contributed by atoms with van der Waals surface area (Å²) in [7, 11) is 0. The molecule has 0 heterocycles. The van der Waals surface area contributed by atoms with Crippen LogP contribution in [0.1, 0.15) is 15.9 Å². The predicted molar refractivity (Wildman–Crippen MR) is 78.9 cm³/mol. The topological polar surface area (TPSA) is 52.3 Å². The molecule has 0 bridgehead atoms. The van der Waals surface area contributed by atoms with E-state index in [0.29, 0.717) is 11.3 Å². The van der Waals surface area contributed by atoms with Crippen molar-refractivity contribution >= 4 is 28.5 Å². The van der Waals surface area contributed by atoms with Gasteiger partial charge in [0.25, 0.3) is 0 Å². The predicted octanol–water partition coefficient (Wildman–Crippen LogP) is 3.49. The summed E-state index contributed by atoms with van der Waals surface area (Å²) in [5.41, 5.74) is 6.59. The summed E-state index contributed by atoms with van der Waals surface area (Å²) in [6.45, 7) is 1.84. The van der Waals surface area contributed by atoms with Gasteiger partial charge in [-0.1, -0.05) is 12.1 Å². The van der Waals surface area contributed by atoms with Gasteiger partial charge in [0.05, 0.1) is 3.57 Å². The Balaban J connectivity index is 2.29.